The molecule has 0 spiro atoms. The zero-order chi connectivity index (χ0) is 25.7. The normalized spacial score (nSPS) is 19.1. The SMILES string of the molecule is CC(C)c1ccc(N2C(=O)C(=O)/C(=C(/O)c3ccc4c(c3)CCCC4)C2c2c[nH]c3ccccc23)cc1. The fourth-order valence-corrected chi connectivity index (χ4v) is 5.77. The van der Waals surface area contributed by atoms with Gasteiger partial charge >= 0.3 is 0 Å². The number of rotatable bonds is 4. The smallest absolute Gasteiger partial charge is 0.300 e. The molecule has 1 aliphatic carbocycles. The van der Waals surface area contributed by atoms with Crippen LogP contribution in [0.5, 0.6) is 0 Å². The van der Waals surface area contributed by atoms with Crippen LogP contribution in [0, 0.1) is 0 Å². The van der Waals surface area contributed by atoms with Crippen molar-refractivity contribution in [1.82, 2.24) is 4.98 Å². The van der Waals surface area contributed by atoms with E-state index < -0.39 is 17.7 Å². The summed E-state index contributed by atoms with van der Waals surface area (Å²) in [6, 6.07) is 20.7. The van der Waals surface area contributed by atoms with Crippen LogP contribution in [-0.2, 0) is 22.4 Å². The Morgan fingerprint density at radius 1 is 0.946 bits per heavy atom. The van der Waals surface area contributed by atoms with Crippen LogP contribution >= 0.6 is 0 Å². The van der Waals surface area contributed by atoms with E-state index in [9.17, 15) is 14.7 Å². The fraction of sp³-hybridized carbons (Fsp3) is 0.250. The van der Waals surface area contributed by atoms with Gasteiger partial charge in [-0.3, -0.25) is 14.5 Å². The van der Waals surface area contributed by atoms with Gasteiger partial charge in [-0.05, 0) is 72.6 Å². The van der Waals surface area contributed by atoms with Crippen LogP contribution in [0.15, 0.2) is 78.5 Å². The number of amides is 1. The number of fused-ring (bicyclic) bond motifs is 2. The third-order valence-corrected chi connectivity index (χ3v) is 7.82. The number of hydrogen-bond donors (Lipinski definition) is 2. The van der Waals surface area contributed by atoms with E-state index in [-0.39, 0.29) is 11.3 Å². The van der Waals surface area contributed by atoms with Crippen LogP contribution in [0.25, 0.3) is 16.7 Å². The summed E-state index contributed by atoms with van der Waals surface area (Å²) in [5, 5.41) is 12.5. The third kappa shape index (κ3) is 3.86. The molecule has 1 aromatic heterocycles. The van der Waals surface area contributed by atoms with Crippen LogP contribution in [0.3, 0.4) is 0 Å². The lowest BCUT2D eigenvalue weighted by molar-refractivity contribution is -0.132. The number of aromatic nitrogens is 1. The predicted molar refractivity (Wildman–Crippen MR) is 147 cm³/mol. The van der Waals surface area contributed by atoms with E-state index in [0.29, 0.717) is 17.2 Å². The number of para-hydroxylation sites is 1. The minimum atomic E-state index is -0.753. The lowest BCUT2D eigenvalue weighted by Gasteiger charge is -2.25. The van der Waals surface area contributed by atoms with E-state index in [1.54, 1.807) is 0 Å². The average molecular weight is 491 g/mol. The largest absolute Gasteiger partial charge is 0.507 e. The summed E-state index contributed by atoms with van der Waals surface area (Å²) < 4.78 is 0. The number of aliphatic hydroxyl groups is 1. The maximum Gasteiger partial charge on any atom is 0.300 e. The number of aliphatic hydroxyl groups excluding tert-OH is 1. The predicted octanol–water partition coefficient (Wildman–Crippen LogP) is 6.80. The van der Waals surface area contributed by atoms with Gasteiger partial charge in [-0.25, -0.2) is 0 Å². The summed E-state index contributed by atoms with van der Waals surface area (Å²) in [6.07, 6.45) is 6.11. The molecule has 4 aromatic rings. The van der Waals surface area contributed by atoms with Crippen molar-refractivity contribution in [3.8, 4) is 0 Å². The summed E-state index contributed by atoms with van der Waals surface area (Å²) >= 11 is 0. The number of nitrogens with one attached hydrogen (secondary N) is 1. The molecule has 3 aromatic carbocycles. The van der Waals surface area contributed by atoms with Gasteiger partial charge in [0.15, 0.2) is 0 Å². The Kier molecular flexibility index (Phi) is 5.71. The lowest BCUT2D eigenvalue weighted by Crippen LogP contribution is -2.29. The molecule has 2 aliphatic rings. The zero-order valence-corrected chi connectivity index (χ0v) is 21.1. The van der Waals surface area contributed by atoms with Crippen LogP contribution in [0.1, 0.15) is 66.5 Å². The van der Waals surface area contributed by atoms with E-state index in [1.165, 1.54) is 22.4 Å². The highest BCUT2D eigenvalue weighted by molar-refractivity contribution is 6.51. The summed E-state index contributed by atoms with van der Waals surface area (Å²) in [7, 11) is 0. The second-order valence-corrected chi connectivity index (χ2v) is 10.4. The van der Waals surface area contributed by atoms with Gasteiger partial charge in [-0.1, -0.05) is 56.3 Å². The number of carbonyl (C=O) groups excluding carboxylic acids is 2. The fourth-order valence-electron chi connectivity index (χ4n) is 5.77. The van der Waals surface area contributed by atoms with Crippen molar-refractivity contribution in [3.05, 3.63) is 106 Å². The molecule has 5 heteroatoms. The topological polar surface area (TPSA) is 73.4 Å². The molecule has 37 heavy (non-hydrogen) atoms. The maximum atomic E-state index is 13.6. The molecule has 5 nitrogen and oxygen atoms in total. The zero-order valence-electron chi connectivity index (χ0n) is 21.1. The Hall–Kier alpha value is -4.12. The molecule has 0 bridgehead atoms. The number of ketones is 1. The van der Waals surface area contributed by atoms with Crippen molar-refractivity contribution in [1.29, 1.82) is 0 Å². The first-order chi connectivity index (χ1) is 17.9. The van der Waals surface area contributed by atoms with Gasteiger partial charge in [0.25, 0.3) is 11.7 Å². The molecular weight excluding hydrogens is 460 g/mol. The maximum absolute atomic E-state index is 13.6. The highest BCUT2D eigenvalue weighted by atomic mass is 16.3. The van der Waals surface area contributed by atoms with Crippen molar-refractivity contribution in [2.45, 2.75) is 51.5 Å². The van der Waals surface area contributed by atoms with Crippen molar-refractivity contribution in [3.63, 3.8) is 0 Å². The van der Waals surface area contributed by atoms with Crippen LogP contribution < -0.4 is 4.90 Å². The molecule has 1 amide bonds. The monoisotopic (exact) mass is 490 g/mol. The first kappa shape index (κ1) is 23.3. The minimum absolute atomic E-state index is 0.122. The summed E-state index contributed by atoms with van der Waals surface area (Å²) in [5.41, 5.74) is 6.68. The minimum Gasteiger partial charge on any atom is -0.507 e. The molecule has 0 radical (unpaired) electrons. The molecular formula is C32H30N2O3. The Balaban J connectivity index is 1.55. The Labute approximate surface area is 216 Å². The van der Waals surface area contributed by atoms with E-state index in [4.69, 9.17) is 0 Å². The van der Waals surface area contributed by atoms with Crippen LogP contribution in [0.4, 0.5) is 5.69 Å². The first-order valence-electron chi connectivity index (χ1n) is 13.0. The third-order valence-electron chi connectivity index (χ3n) is 7.82. The number of hydrogen-bond acceptors (Lipinski definition) is 3. The van der Waals surface area contributed by atoms with Gasteiger partial charge in [0, 0.05) is 33.9 Å². The summed E-state index contributed by atoms with van der Waals surface area (Å²) in [4.78, 5) is 32.0. The van der Waals surface area contributed by atoms with Gasteiger partial charge in [-0.15, -0.1) is 0 Å². The van der Waals surface area contributed by atoms with E-state index in [0.717, 1.165) is 41.3 Å². The summed E-state index contributed by atoms with van der Waals surface area (Å²) in [5.74, 6) is -1.08. The Morgan fingerprint density at radius 2 is 1.68 bits per heavy atom. The molecule has 1 unspecified atom stereocenters. The molecule has 2 heterocycles. The van der Waals surface area contributed by atoms with E-state index in [2.05, 4.69) is 18.8 Å². The molecule has 1 saturated heterocycles. The van der Waals surface area contributed by atoms with Gasteiger partial charge in [-0.2, -0.15) is 0 Å². The second kappa shape index (κ2) is 9.07. The number of aromatic amines is 1. The van der Waals surface area contributed by atoms with Gasteiger partial charge in [0.1, 0.15) is 5.76 Å². The average Bonchev–Trinajstić information content (AvgIpc) is 3.46. The number of carbonyl (C=O) groups is 2. The number of aryl methyl sites for hydroxylation is 2. The van der Waals surface area contributed by atoms with E-state index >= 15 is 0 Å². The van der Waals surface area contributed by atoms with Crippen molar-refractivity contribution in [2.24, 2.45) is 0 Å². The lowest BCUT2D eigenvalue weighted by atomic mass is 9.88. The number of benzene rings is 3. The molecule has 2 N–H and O–H groups in total. The van der Waals surface area contributed by atoms with Gasteiger partial charge in [0.2, 0.25) is 0 Å². The number of anilines is 1. The molecule has 1 fully saturated rings. The van der Waals surface area contributed by atoms with Crippen LogP contribution in [-0.4, -0.2) is 21.8 Å². The number of nitrogens with zero attached hydrogens (tertiary/aromatic N) is 1. The molecule has 1 aliphatic heterocycles. The Bertz CT molecular complexity index is 1560. The second-order valence-electron chi connectivity index (χ2n) is 10.4. The van der Waals surface area contributed by atoms with Gasteiger partial charge in [0.05, 0.1) is 11.6 Å². The van der Waals surface area contributed by atoms with Gasteiger partial charge < -0.3 is 10.1 Å². The highest BCUT2D eigenvalue weighted by Gasteiger charge is 2.47. The molecule has 186 valence electrons. The highest BCUT2D eigenvalue weighted by Crippen LogP contribution is 2.44. The van der Waals surface area contributed by atoms with Crippen molar-refractivity contribution in [2.75, 3.05) is 4.90 Å². The van der Waals surface area contributed by atoms with Crippen molar-refractivity contribution >= 4 is 34.0 Å². The van der Waals surface area contributed by atoms with Crippen LogP contribution in [0.2, 0.25) is 0 Å². The Morgan fingerprint density at radius 3 is 2.43 bits per heavy atom. The first-order valence-corrected chi connectivity index (χ1v) is 13.0. The molecule has 0 saturated carbocycles. The van der Waals surface area contributed by atoms with E-state index in [1.807, 2.05) is 72.9 Å². The molecule has 6 rings (SSSR count). The number of Topliss-reactive ketones (excluding diaryl/α,β-unsaturated/α-hetero) is 1. The quantitative estimate of drug-likeness (QED) is 0.188. The standard InChI is InChI=1S/C32H30N2O3/c1-19(2)20-13-15-24(16-14-20)34-29(26-18-33-27-10-6-5-9-25(26)27)28(31(36)32(34)37)30(35)23-12-11-21-7-3-4-8-22(21)17-23/h5-6,9-19,29,33,35H,3-4,7-8H2,1-2H3/b30-28+. The summed E-state index contributed by atoms with van der Waals surface area (Å²) in [6.45, 7) is 4.23. The van der Waals surface area contributed by atoms with Crippen molar-refractivity contribution < 1.29 is 14.7 Å². The molecule has 1 atom stereocenters. The number of H-pyrrole nitrogens is 1.